The maximum atomic E-state index is 11.2. The van der Waals surface area contributed by atoms with Crippen LogP contribution in [-0.4, -0.2) is 28.6 Å². The highest BCUT2D eigenvalue weighted by Crippen LogP contribution is 2.25. The predicted octanol–water partition coefficient (Wildman–Crippen LogP) is 3.01. The van der Waals surface area contributed by atoms with Crippen LogP contribution in [0.3, 0.4) is 0 Å². The molecule has 3 heteroatoms. The van der Waals surface area contributed by atoms with Gasteiger partial charge < -0.3 is 5.11 Å². The summed E-state index contributed by atoms with van der Waals surface area (Å²) in [5.74, 6) is -0.140. The summed E-state index contributed by atoms with van der Waals surface area (Å²) in [5.41, 5.74) is 1.36. The lowest BCUT2D eigenvalue weighted by molar-refractivity contribution is 0.0689. The first kappa shape index (κ1) is 13.1. The van der Waals surface area contributed by atoms with Crippen LogP contribution in [-0.2, 0) is 6.54 Å². The number of aromatic carboxylic acids is 1. The van der Waals surface area contributed by atoms with E-state index in [1.165, 1.54) is 12.8 Å². The molecule has 2 unspecified atom stereocenters. The highest BCUT2D eigenvalue weighted by molar-refractivity contribution is 5.89. The molecular weight excluding hydrogens is 226 g/mol. The fraction of sp³-hybridized carbons (Fsp3) is 0.533. The number of carboxylic acid groups (broad SMARTS) is 1. The molecule has 1 heterocycles. The Hall–Kier alpha value is -1.35. The van der Waals surface area contributed by atoms with Gasteiger partial charge in [-0.3, -0.25) is 4.90 Å². The zero-order valence-corrected chi connectivity index (χ0v) is 11.1. The van der Waals surface area contributed by atoms with Crippen molar-refractivity contribution in [2.75, 3.05) is 6.54 Å². The number of carboxylic acids is 1. The Labute approximate surface area is 108 Å². The van der Waals surface area contributed by atoms with Gasteiger partial charge in [0, 0.05) is 12.6 Å². The highest BCUT2D eigenvalue weighted by Gasteiger charge is 2.25. The van der Waals surface area contributed by atoms with Gasteiger partial charge in [-0.2, -0.15) is 0 Å². The van der Waals surface area contributed by atoms with Crippen molar-refractivity contribution in [2.45, 2.75) is 39.3 Å². The first-order valence-electron chi connectivity index (χ1n) is 6.65. The second-order valence-electron chi connectivity index (χ2n) is 5.29. The van der Waals surface area contributed by atoms with E-state index in [4.69, 9.17) is 0 Å². The Morgan fingerprint density at radius 3 is 2.83 bits per heavy atom. The van der Waals surface area contributed by atoms with Crippen molar-refractivity contribution < 1.29 is 9.90 Å². The van der Waals surface area contributed by atoms with E-state index in [-0.39, 0.29) is 0 Å². The quantitative estimate of drug-likeness (QED) is 0.892. The van der Waals surface area contributed by atoms with E-state index in [0.29, 0.717) is 17.5 Å². The standard InChI is InChI=1S/C15H21NO2/c1-11-6-5-9-16(12(11)2)10-13-7-3-4-8-14(13)15(17)18/h3-4,7-8,11-12H,5-6,9-10H2,1-2H3,(H,17,18). The second kappa shape index (κ2) is 5.53. The van der Waals surface area contributed by atoms with Gasteiger partial charge in [0.15, 0.2) is 0 Å². The zero-order chi connectivity index (χ0) is 13.1. The van der Waals surface area contributed by atoms with E-state index in [0.717, 1.165) is 18.7 Å². The van der Waals surface area contributed by atoms with Crippen molar-refractivity contribution >= 4 is 5.97 Å². The summed E-state index contributed by atoms with van der Waals surface area (Å²) in [6.07, 6.45) is 2.49. The maximum Gasteiger partial charge on any atom is 0.336 e. The van der Waals surface area contributed by atoms with Gasteiger partial charge >= 0.3 is 5.97 Å². The van der Waals surface area contributed by atoms with Crippen molar-refractivity contribution in [1.29, 1.82) is 0 Å². The molecular formula is C15H21NO2. The average molecular weight is 247 g/mol. The smallest absolute Gasteiger partial charge is 0.336 e. The van der Waals surface area contributed by atoms with Gasteiger partial charge in [0.2, 0.25) is 0 Å². The Bertz CT molecular complexity index is 430. The second-order valence-corrected chi connectivity index (χ2v) is 5.29. The third kappa shape index (κ3) is 2.72. The number of carbonyl (C=O) groups is 1. The highest BCUT2D eigenvalue weighted by atomic mass is 16.4. The molecule has 1 aromatic carbocycles. The minimum Gasteiger partial charge on any atom is -0.478 e. The lowest BCUT2D eigenvalue weighted by Gasteiger charge is -2.38. The molecule has 1 saturated heterocycles. The van der Waals surface area contributed by atoms with Crippen LogP contribution in [0.25, 0.3) is 0 Å². The molecule has 0 aliphatic carbocycles. The van der Waals surface area contributed by atoms with E-state index in [1.54, 1.807) is 12.1 Å². The first-order chi connectivity index (χ1) is 8.59. The van der Waals surface area contributed by atoms with Gasteiger partial charge in [-0.15, -0.1) is 0 Å². The molecule has 1 N–H and O–H groups in total. The van der Waals surface area contributed by atoms with Crippen LogP contribution in [0.1, 0.15) is 42.6 Å². The molecule has 1 fully saturated rings. The summed E-state index contributed by atoms with van der Waals surface area (Å²) in [7, 11) is 0. The number of hydrogen-bond acceptors (Lipinski definition) is 2. The van der Waals surface area contributed by atoms with Crippen LogP contribution >= 0.6 is 0 Å². The van der Waals surface area contributed by atoms with Crippen LogP contribution in [0.5, 0.6) is 0 Å². The molecule has 3 nitrogen and oxygen atoms in total. The summed E-state index contributed by atoms with van der Waals surface area (Å²) in [5, 5.41) is 9.19. The molecule has 18 heavy (non-hydrogen) atoms. The fourth-order valence-corrected chi connectivity index (χ4v) is 2.73. The predicted molar refractivity (Wildman–Crippen MR) is 71.7 cm³/mol. The number of likely N-dealkylation sites (tertiary alicyclic amines) is 1. The molecule has 1 aliphatic rings. The molecule has 2 rings (SSSR count). The van der Waals surface area contributed by atoms with Crippen molar-refractivity contribution in [3.63, 3.8) is 0 Å². The molecule has 1 aromatic rings. The molecule has 1 aliphatic heterocycles. The van der Waals surface area contributed by atoms with E-state index in [9.17, 15) is 9.90 Å². The van der Waals surface area contributed by atoms with Crippen LogP contribution in [0.4, 0.5) is 0 Å². The molecule has 0 bridgehead atoms. The van der Waals surface area contributed by atoms with Gasteiger partial charge in [0.05, 0.1) is 5.56 Å². The Balaban J connectivity index is 2.16. The number of rotatable bonds is 3. The summed E-state index contributed by atoms with van der Waals surface area (Å²) in [6, 6.07) is 7.85. The average Bonchev–Trinajstić information content (AvgIpc) is 2.35. The molecule has 0 saturated carbocycles. The lowest BCUT2D eigenvalue weighted by atomic mass is 9.91. The largest absolute Gasteiger partial charge is 0.478 e. The summed E-state index contributed by atoms with van der Waals surface area (Å²) < 4.78 is 0. The van der Waals surface area contributed by atoms with E-state index in [1.807, 2.05) is 12.1 Å². The summed E-state index contributed by atoms with van der Waals surface area (Å²) in [4.78, 5) is 13.6. The molecule has 2 atom stereocenters. The van der Waals surface area contributed by atoms with Crippen molar-refractivity contribution in [3.8, 4) is 0 Å². The van der Waals surface area contributed by atoms with Gasteiger partial charge in [-0.05, 0) is 43.9 Å². The molecule has 0 radical (unpaired) electrons. The fourth-order valence-electron chi connectivity index (χ4n) is 2.73. The van der Waals surface area contributed by atoms with Crippen LogP contribution in [0, 0.1) is 5.92 Å². The summed E-state index contributed by atoms with van der Waals surface area (Å²) >= 11 is 0. The minimum atomic E-state index is -0.830. The van der Waals surface area contributed by atoms with Gasteiger partial charge in [0.1, 0.15) is 0 Å². The van der Waals surface area contributed by atoms with Crippen molar-refractivity contribution in [2.24, 2.45) is 5.92 Å². The van der Waals surface area contributed by atoms with E-state index in [2.05, 4.69) is 18.7 Å². The van der Waals surface area contributed by atoms with Gasteiger partial charge in [0.25, 0.3) is 0 Å². The lowest BCUT2D eigenvalue weighted by Crippen LogP contribution is -2.41. The number of benzene rings is 1. The van der Waals surface area contributed by atoms with E-state index >= 15 is 0 Å². The number of nitrogens with zero attached hydrogens (tertiary/aromatic N) is 1. The Morgan fingerprint density at radius 1 is 1.39 bits per heavy atom. The number of piperidine rings is 1. The molecule has 0 amide bonds. The molecule has 98 valence electrons. The van der Waals surface area contributed by atoms with Crippen molar-refractivity contribution in [1.82, 2.24) is 4.90 Å². The molecule has 0 spiro atoms. The van der Waals surface area contributed by atoms with Crippen LogP contribution in [0.2, 0.25) is 0 Å². The SMILES string of the molecule is CC1CCCN(Cc2ccccc2C(=O)O)C1C. The van der Waals surface area contributed by atoms with Gasteiger partial charge in [-0.25, -0.2) is 4.79 Å². The monoisotopic (exact) mass is 247 g/mol. The minimum absolute atomic E-state index is 0.433. The van der Waals surface area contributed by atoms with Crippen LogP contribution in [0.15, 0.2) is 24.3 Å². The third-order valence-electron chi connectivity index (χ3n) is 4.13. The normalized spacial score (nSPS) is 25.0. The zero-order valence-electron chi connectivity index (χ0n) is 11.1. The summed E-state index contributed by atoms with van der Waals surface area (Å²) in [6.45, 7) is 6.33. The molecule has 0 aromatic heterocycles. The van der Waals surface area contributed by atoms with Crippen LogP contribution < -0.4 is 0 Å². The van der Waals surface area contributed by atoms with E-state index < -0.39 is 5.97 Å². The Morgan fingerprint density at radius 2 is 2.11 bits per heavy atom. The van der Waals surface area contributed by atoms with Gasteiger partial charge in [-0.1, -0.05) is 25.1 Å². The maximum absolute atomic E-state index is 11.2. The third-order valence-corrected chi connectivity index (χ3v) is 4.13. The van der Waals surface area contributed by atoms with Crippen molar-refractivity contribution in [3.05, 3.63) is 35.4 Å². The topological polar surface area (TPSA) is 40.5 Å². The Kier molecular flexibility index (Phi) is 4.02. The number of hydrogen-bond donors (Lipinski definition) is 1. The first-order valence-corrected chi connectivity index (χ1v) is 6.65.